The van der Waals surface area contributed by atoms with Gasteiger partial charge in [-0.25, -0.2) is 0 Å². The molecule has 1 aliphatic carbocycles. The van der Waals surface area contributed by atoms with Crippen LogP contribution < -0.4 is 0 Å². The lowest BCUT2D eigenvalue weighted by Crippen LogP contribution is -2.34. The van der Waals surface area contributed by atoms with Crippen molar-refractivity contribution in [1.29, 1.82) is 0 Å². The Labute approximate surface area is 123 Å². The third-order valence-electron chi connectivity index (χ3n) is 4.67. The van der Waals surface area contributed by atoms with Gasteiger partial charge in [-0.15, -0.1) is 0 Å². The number of aryl methyl sites for hydroxylation is 1. The topological polar surface area (TPSA) is 0 Å². The van der Waals surface area contributed by atoms with Crippen LogP contribution in [-0.4, -0.2) is 8.07 Å². The first-order chi connectivity index (χ1) is 9.57. The van der Waals surface area contributed by atoms with Crippen LogP contribution in [0.4, 0.5) is 0 Å². The molecule has 0 spiro atoms. The zero-order valence-corrected chi connectivity index (χ0v) is 13.8. The van der Waals surface area contributed by atoms with Gasteiger partial charge in [0.1, 0.15) is 0 Å². The molecule has 2 aromatic carbocycles. The van der Waals surface area contributed by atoms with Crippen LogP contribution in [0.3, 0.4) is 0 Å². The fourth-order valence-corrected chi connectivity index (χ4v) is 6.68. The van der Waals surface area contributed by atoms with E-state index in [1.807, 2.05) is 0 Å². The molecule has 0 saturated carbocycles. The predicted molar refractivity (Wildman–Crippen MR) is 90.0 cm³/mol. The molecule has 1 heteroatoms. The normalized spacial score (nSPS) is 19.6. The minimum atomic E-state index is -1.26. The highest BCUT2D eigenvalue weighted by molar-refractivity contribution is 6.77. The lowest BCUT2D eigenvalue weighted by Gasteiger charge is -2.35. The summed E-state index contributed by atoms with van der Waals surface area (Å²) >= 11 is 0. The summed E-state index contributed by atoms with van der Waals surface area (Å²) in [5, 5.41) is 0. The van der Waals surface area contributed by atoms with Gasteiger partial charge in [0, 0.05) is 0 Å². The fourth-order valence-electron chi connectivity index (χ4n) is 3.93. The molecule has 2 atom stereocenters. The number of hydrogen-bond donors (Lipinski definition) is 0. The van der Waals surface area contributed by atoms with Crippen molar-refractivity contribution in [3.05, 3.63) is 71.3 Å². The monoisotopic (exact) mass is 280 g/mol. The van der Waals surface area contributed by atoms with E-state index in [0.717, 1.165) is 11.5 Å². The Kier molecular flexibility index (Phi) is 3.55. The zero-order chi connectivity index (χ0) is 14.2. The van der Waals surface area contributed by atoms with Crippen molar-refractivity contribution < 1.29 is 0 Å². The number of hydrogen-bond acceptors (Lipinski definition) is 0. The molecule has 2 unspecified atom stereocenters. The first-order valence-electron chi connectivity index (χ1n) is 7.70. The van der Waals surface area contributed by atoms with Crippen molar-refractivity contribution in [1.82, 2.24) is 0 Å². The van der Waals surface area contributed by atoms with Crippen molar-refractivity contribution >= 4 is 8.07 Å². The highest BCUT2D eigenvalue weighted by Gasteiger charge is 2.38. The molecule has 0 amide bonds. The largest absolute Gasteiger partial charge is 0.0691 e. The van der Waals surface area contributed by atoms with Crippen LogP contribution in [0.15, 0.2) is 54.6 Å². The Morgan fingerprint density at radius 1 is 0.900 bits per heavy atom. The number of benzene rings is 2. The smallest absolute Gasteiger partial charge is 0.0529 e. The summed E-state index contributed by atoms with van der Waals surface area (Å²) in [5.74, 6) is 0.722. The minimum Gasteiger partial charge on any atom is -0.0691 e. The van der Waals surface area contributed by atoms with Gasteiger partial charge < -0.3 is 0 Å². The minimum absolute atomic E-state index is 0.722. The van der Waals surface area contributed by atoms with Crippen LogP contribution in [0.25, 0.3) is 0 Å². The highest BCUT2D eigenvalue weighted by atomic mass is 28.3. The Balaban J connectivity index is 2.05. The van der Waals surface area contributed by atoms with E-state index < -0.39 is 8.07 Å². The van der Waals surface area contributed by atoms with Crippen molar-refractivity contribution in [2.75, 3.05) is 0 Å². The maximum Gasteiger partial charge on any atom is 0.0529 e. The van der Waals surface area contributed by atoms with Gasteiger partial charge >= 0.3 is 0 Å². The van der Waals surface area contributed by atoms with Crippen LogP contribution in [0.5, 0.6) is 0 Å². The highest BCUT2D eigenvalue weighted by Crippen LogP contribution is 2.46. The van der Waals surface area contributed by atoms with E-state index in [-0.39, 0.29) is 0 Å². The van der Waals surface area contributed by atoms with Crippen molar-refractivity contribution in [2.24, 2.45) is 0 Å². The molecule has 0 radical (unpaired) electrons. The van der Waals surface area contributed by atoms with Gasteiger partial charge in [-0.3, -0.25) is 0 Å². The molecule has 1 aliphatic rings. The van der Waals surface area contributed by atoms with E-state index in [4.69, 9.17) is 0 Å². The molecule has 0 heterocycles. The zero-order valence-electron chi connectivity index (χ0n) is 12.8. The molecule has 0 fully saturated rings. The molecule has 0 nitrogen and oxygen atoms in total. The van der Waals surface area contributed by atoms with Crippen molar-refractivity contribution in [3.8, 4) is 0 Å². The Morgan fingerprint density at radius 3 is 2.25 bits per heavy atom. The molecule has 0 aliphatic heterocycles. The fraction of sp³-hybridized carbons (Fsp3) is 0.368. The van der Waals surface area contributed by atoms with E-state index in [9.17, 15) is 0 Å². The first-order valence-corrected chi connectivity index (χ1v) is 11.3. The van der Waals surface area contributed by atoms with Crippen LogP contribution in [0, 0.1) is 0 Å². The summed E-state index contributed by atoms with van der Waals surface area (Å²) in [6.07, 6.45) is 2.58. The van der Waals surface area contributed by atoms with E-state index in [2.05, 4.69) is 74.2 Å². The molecular formula is C19H24Si. The Morgan fingerprint density at radius 2 is 1.55 bits per heavy atom. The van der Waals surface area contributed by atoms with Gasteiger partial charge in [-0.05, 0) is 41.0 Å². The van der Waals surface area contributed by atoms with E-state index in [1.54, 1.807) is 16.7 Å². The second kappa shape index (κ2) is 5.21. The van der Waals surface area contributed by atoms with Gasteiger partial charge in [0.15, 0.2) is 0 Å². The van der Waals surface area contributed by atoms with E-state index >= 15 is 0 Å². The molecule has 0 bridgehead atoms. The SMILES string of the molecule is C[Si](C)(C)C(c1ccccc1)C1CCc2ccccc21. The van der Waals surface area contributed by atoms with Gasteiger partial charge in [-0.2, -0.15) is 0 Å². The molecule has 20 heavy (non-hydrogen) atoms. The summed E-state index contributed by atoms with van der Waals surface area (Å²) < 4.78 is 0. The summed E-state index contributed by atoms with van der Waals surface area (Å²) in [4.78, 5) is 0. The first kappa shape index (κ1) is 13.6. The summed E-state index contributed by atoms with van der Waals surface area (Å²) in [5.41, 5.74) is 5.47. The summed E-state index contributed by atoms with van der Waals surface area (Å²) in [6.45, 7) is 7.56. The quantitative estimate of drug-likeness (QED) is 0.662. The maximum absolute atomic E-state index is 2.52. The predicted octanol–water partition coefficient (Wildman–Crippen LogP) is 5.38. The molecule has 0 N–H and O–H groups in total. The van der Waals surface area contributed by atoms with Crippen LogP contribution in [0.1, 0.15) is 34.6 Å². The van der Waals surface area contributed by atoms with Gasteiger partial charge in [0.25, 0.3) is 0 Å². The van der Waals surface area contributed by atoms with Crippen molar-refractivity contribution in [2.45, 2.75) is 43.9 Å². The molecule has 104 valence electrons. The van der Waals surface area contributed by atoms with Crippen molar-refractivity contribution in [3.63, 3.8) is 0 Å². The average Bonchev–Trinajstić information content (AvgIpc) is 2.83. The summed E-state index contributed by atoms with van der Waals surface area (Å²) in [7, 11) is -1.26. The lowest BCUT2D eigenvalue weighted by molar-refractivity contribution is 0.636. The Hall–Kier alpha value is -1.34. The van der Waals surface area contributed by atoms with Gasteiger partial charge in [-0.1, -0.05) is 74.2 Å². The van der Waals surface area contributed by atoms with Crippen LogP contribution in [0.2, 0.25) is 19.6 Å². The third-order valence-corrected chi connectivity index (χ3v) is 7.28. The molecule has 3 rings (SSSR count). The van der Waals surface area contributed by atoms with Gasteiger partial charge in [0.05, 0.1) is 8.07 Å². The van der Waals surface area contributed by atoms with E-state index in [1.165, 1.54) is 12.8 Å². The van der Waals surface area contributed by atoms with E-state index in [0.29, 0.717) is 0 Å². The maximum atomic E-state index is 2.52. The molecule has 2 aromatic rings. The number of rotatable bonds is 3. The standard InChI is InChI=1S/C19H24Si/c1-20(2,3)19(16-10-5-4-6-11-16)18-14-13-15-9-7-8-12-17(15)18/h4-12,18-19H,13-14H2,1-3H3. The Bertz CT molecular complexity index is 580. The second-order valence-corrected chi connectivity index (χ2v) is 12.5. The molecule has 0 saturated heterocycles. The molecule has 0 aromatic heterocycles. The average molecular weight is 280 g/mol. The molecular weight excluding hydrogens is 256 g/mol. The van der Waals surface area contributed by atoms with Crippen LogP contribution >= 0.6 is 0 Å². The second-order valence-electron chi connectivity index (χ2n) is 7.10. The third kappa shape index (κ3) is 2.47. The van der Waals surface area contributed by atoms with Gasteiger partial charge in [0.2, 0.25) is 0 Å². The van der Waals surface area contributed by atoms with Crippen LogP contribution in [-0.2, 0) is 6.42 Å². The lowest BCUT2D eigenvalue weighted by atomic mass is 9.93. The number of fused-ring (bicyclic) bond motifs is 1. The summed E-state index contributed by atoms with van der Waals surface area (Å²) in [6, 6.07) is 20.3.